The van der Waals surface area contributed by atoms with E-state index in [2.05, 4.69) is 60.5 Å². The van der Waals surface area contributed by atoms with Gasteiger partial charge in [-0.25, -0.2) is 9.78 Å². The number of carbonyl (C=O) groups is 1. The fraction of sp³-hybridized carbons (Fsp3) is 0.737. The monoisotopic (exact) mass is 381 g/mol. The van der Waals surface area contributed by atoms with Gasteiger partial charge in [0, 0.05) is 25.0 Å². The summed E-state index contributed by atoms with van der Waals surface area (Å²) in [5, 5.41) is 9.29. The molecule has 1 aromatic heterocycles. The topological polar surface area (TPSA) is 101 Å². The third-order valence-electron chi connectivity index (χ3n) is 3.79. The number of carbonyl (C=O) groups excluding carboxylic acids is 1. The molecule has 0 saturated carbocycles. The van der Waals surface area contributed by atoms with Crippen LogP contribution in [0.1, 0.15) is 59.6 Å². The van der Waals surface area contributed by atoms with Gasteiger partial charge in [0.25, 0.3) is 0 Å². The number of ether oxygens (including phenoxy) is 1. The van der Waals surface area contributed by atoms with E-state index in [1.165, 1.54) is 0 Å². The Bertz CT molecular complexity index is 605. The first-order valence-electron chi connectivity index (χ1n) is 9.48. The molecule has 0 saturated heterocycles. The number of aliphatic imine (C=N–C) groups is 1. The Balaban J connectivity index is 2.55. The van der Waals surface area contributed by atoms with E-state index in [9.17, 15) is 4.79 Å². The zero-order valence-corrected chi connectivity index (χ0v) is 17.7. The minimum atomic E-state index is -0.401. The van der Waals surface area contributed by atoms with Crippen LogP contribution in [-0.2, 0) is 16.7 Å². The molecule has 154 valence electrons. The second-order valence-electron chi connectivity index (χ2n) is 7.87. The minimum Gasteiger partial charge on any atom is -0.450 e. The van der Waals surface area contributed by atoms with Gasteiger partial charge in [-0.2, -0.15) is 0 Å². The van der Waals surface area contributed by atoms with E-state index >= 15 is 0 Å². The van der Waals surface area contributed by atoms with Crippen molar-refractivity contribution in [1.29, 1.82) is 0 Å². The summed E-state index contributed by atoms with van der Waals surface area (Å²) >= 11 is 0. The summed E-state index contributed by atoms with van der Waals surface area (Å²) < 4.78 is 10.7. The second-order valence-corrected chi connectivity index (χ2v) is 7.87. The van der Waals surface area contributed by atoms with Crippen LogP contribution >= 0.6 is 0 Å². The third-order valence-corrected chi connectivity index (χ3v) is 3.79. The average molecular weight is 382 g/mol. The summed E-state index contributed by atoms with van der Waals surface area (Å²) in [4.78, 5) is 20.2. The van der Waals surface area contributed by atoms with Crippen molar-refractivity contribution >= 4 is 12.1 Å². The Labute approximate surface area is 162 Å². The van der Waals surface area contributed by atoms with Gasteiger partial charge in [-0.1, -0.05) is 34.6 Å². The van der Waals surface area contributed by atoms with E-state index in [1.807, 2.05) is 0 Å². The van der Waals surface area contributed by atoms with Crippen molar-refractivity contribution in [1.82, 2.24) is 20.9 Å². The van der Waals surface area contributed by atoms with Gasteiger partial charge in [0.2, 0.25) is 5.89 Å². The van der Waals surface area contributed by atoms with Crippen LogP contribution in [0.25, 0.3) is 0 Å². The third kappa shape index (κ3) is 8.79. The summed E-state index contributed by atoms with van der Waals surface area (Å²) in [5.41, 5.74) is -0.0754. The van der Waals surface area contributed by atoms with Gasteiger partial charge in [-0.3, -0.25) is 4.99 Å². The van der Waals surface area contributed by atoms with Crippen LogP contribution in [-0.4, -0.2) is 43.3 Å². The van der Waals surface area contributed by atoms with E-state index in [0.29, 0.717) is 37.5 Å². The molecule has 1 heterocycles. The van der Waals surface area contributed by atoms with Gasteiger partial charge in [-0.05, 0) is 19.3 Å². The number of nitrogens with zero attached hydrogens (tertiary/aromatic N) is 2. The lowest BCUT2D eigenvalue weighted by Gasteiger charge is -2.22. The van der Waals surface area contributed by atoms with E-state index in [1.54, 1.807) is 20.2 Å². The SMILES string of the molecule is CCOC(=O)NC(CNC(=NC)NCc1ncc(C(C)(C)C)o1)CC(C)C. The molecule has 0 aliphatic heterocycles. The van der Waals surface area contributed by atoms with Gasteiger partial charge < -0.3 is 25.1 Å². The molecule has 0 bridgehead atoms. The summed E-state index contributed by atoms with van der Waals surface area (Å²) in [6.45, 7) is 13.6. The van der Waals surface area contributed by atoms with Crippen LogP contribution in [0, 0.1) is 5.92 Å². The Hall–Kier alpha value is -2.25. The van der Waals surface area contributed by atoms with Crippen molar-refractivity contribution in [2.45, 2.75) is 66.0 Å². The molecule has 8 heteroatoms. The van der Waals surface area contributed by atoms with Crippen molar-refractivity contribution in [3.8, 4) is 0 Å². The highest BCUT2D eigenvalue weighted by Gasteiger charge is 2.19. The molecular weight excluding hydrogens is 346 g/mol. The summed E-state index contributed by atoms with van der Waals surface area (Å²) in [5.74, 6) is 2.51. The van der Waals surface area contributed by atoms with Gasteiger partial charge >= 0.3 is 6.09 Å². The van der Waals surface area contributed by atoms with E-state index in [-0.39, 0.29) is 11.5 Å². The van der Waals surface area contributed by atoms with Crippen molar-refractivity contribution < 1.29 is 13.9 Å². The van der Waals surface area contributed by atoms with Crippen LogP contribution in [0.4, 0.5) is 4.79 Å². The molecular formula is C19H35N5O3. The largest absolute Gasteiger partial charge is 0.450 e. The van der Waals surface area contributed by atoms with Gasteiger partial charge in [0.1, 0.15) is 5.76 Å². The lowest BCUT2D eigenvalue weighted by Crippen LogP contribution is -2.47. The molecule has 0 aromatic carbocycles. The lowest BCUT2D eigenvalue weighted by atomic mass is 9.94. The van der Waals surface area contributed by atoms with Crippen molar-refractivity contribution in [3.63, 3.8) is 0 Å². The first-order chi connectivity index (χ1) is 12.7. The Morgan fingerprint density at radius 2 is 2.04 bits per heavy atom. The normalized spacial score (nSPS) is 13.4. The standard InChI is InChI=1S/C19H35N5O3/c1-8-26-18(25)24-14(9-13(2)3)10-22-17(20-7)23-12-16-21-11-15(27-16)19(4,5)6/h11,13-14H,8-10,12H2,1-7H3,(H,24,25)(H2,20,22,23). The molecule has 0 fully saturated rings. The van der Waals surface area contributed by atoms with Crippen LogP contribution in [0.2, 0.25) is 0 Å². The number of oxazole rings is 1. The van der Waals surface area contributed by atoms with Gasteiger partial charge in [-0.15, -0.1) is 0 Å². The number of rotatable bonds is 8. The fourth-order valence-electron chi connectivity index (χ4n) is 2.44. The Morgan fingerprint density at radius 3 is 2.56 bits per heavy atom. The maximum Gasteiger partial charge on any atom is 0.407 e. The number of hydrogen-bond donors (Lipinski definition) is 3. The van der Waals surface area contributed by atoms with Crippen molar-refractivity contribution in [2.75, 3.05) is 20.2 Å². The molecule has 0 spiro atoms. The molecule has 8 nitrogen and oxygen atoms in total. The van der Waals surface area contributed by atoms with Crippen LogP contribution in [0.5, 0.6) is 0 Å². The molecule has 1 atom stereocenters. The van der Waals surface area contributed by atoms with Crippen molar-refractivity contribution in [2.24, 2.45) is 10.9 Å². The number of hydrogen-bond acceptors (Lipinski definition) is 5. The highest BCUT2D eigenvalue weighted by atomic mass is 16.5. The summed E-state index contributed by atoms with van der Waals surface area (Å²) in [6.07, 6.45) is 2.19. The van der Waals surface area contributed by atoms with E-state index in [4.69, 9.17) is 9.15 Å². The zero-order valence-electron chi connectivity index (χ0n) is 17.7. The molecule has 0 radical (unpaired) electrons. The van der Waals surface area contributed by atoms with Gasteiger partial charge in [0.05, 0.1) is 19.3 Å². The number of amides is 1. The molecule has 0 aliphatic carbocycles. The first-order valence-corrected chi connectivity index (χ1v) is 9.48. The summed E-state index contributed by atoms with van der Waals surface area (Å²) in [6, 6.07) is -0.0585. The molecule has 3 N–H and O–H groups in total. The highest BCUT2D eigenvalue weighted by Crippen LogP contribution is 2.22. The molecule has 0 aliphatic rings. The maximum atomic E-state index is 11.7. The number of alkyl carbamates (subject to hydrolysis) is 1. The summed E-state index contributed by atoms with van der Waals surface area (Å²) in [7, 11) is 1.70. The van der Waals surface area contributed by atoms with Crippen LogP contribution in [0.15, 0.2) is 15.6 Å². The quantitative estimate of drug-likeness (QED) is 0.473. The first kappa shape index (κ1) is 22.8. The smallest absolute Gasteiger partial charge is 0.407 e. The molecule has 1 unspecified atom stereocenters. The molecule has 27 heavy (non-hydrogen) atoms. The number of guanidine groups is 1. The molecule has 1 aromatic rings. The molecule has 1 amide bonds. The van der Waals surface area contributed by atoms with E-state index in [0.717, 1.165) is 12.2 Å². The van der Waals surface area contributed by atoms with Crippen molar-refractivity contribution in [3.05, 3.63) is 17.8 Å². The minimum absolute atomic E-state index is 0.0585. The second kappa shape index (κ2) is 10.8. The maximum absolute atomic E-state index is 11.7. The predicted molar refractivity (Wildman–Crippen MR) is 107 cm³/mol. The zero-order chi connectivity index (χ0) is 20.4. The van der Waals surface area contributed by atoms with Crippen LogP contribution in [0.3, 0.4) is 0 Å². The van der Waals surface area contributed by atoms with Gasteiger partial charge in [0.15, 0.2) is 5.96 Å². The predicted octanol–water partition coefficient (Wildman–Crippen LogP) is 2.80. The lowest BCUT2D eigenvalue weighted by molar-refractivity contribution is 0.146. The number of aromatic nitrogens is 1. The Morgan fingerprint density at radius 1 is 1.33 bits per heavy atom. The van der Waals surface area contributed by atoms with Crippen LogP contribution < -0.4 is 16.0 Å². The average Bonchev–Trinajstić information content (AvgIpc) is 3.03. The highest BCUT2D eigenvalue weighted by molar-refractivity contribution is 5.79. The number of nitrogens with one attached hydrogen (secondary N) is 3. The van der Waals surface area contributed by atoms with E-state index < -0.39 is 6.09 Å². The fourth-order valence-corrected chi connectivity index (χ4v) is 2.44. The Kier molecular flexibility index (Phi) is 9.11. The molecule has 1 rings (SSSR count).